The molecule has 0 aliphatic heterocycles. The highest BCUT2D eigenvalue weighted by molar-refractivity contribution is 6.07. The van der Waals surface area contributed by atoms with Crippen LogP contribution in [-0.4, -0.2) is 27.2 Å². The number of carbonyl (C=O) groups excluding carboxylic acids is 2. The van der Waals surface area contributed by atoms with Gasteiger partial charge in [0.15, 0.2) is 5.69 Å². The number of aromatic amines is 1. The molecule has 0 aliphatic carbocycles. The Bertz CT molecular complexity index is 550. The maximum Gasteiger partial charge on any atom is 0.277 e. The van der Waals surface area contributed by atoms with Crippen LogP contribution >= 0.6 is 0 Å². The van der Waals surface area contributed by atoms with Crippen molar-refractivity contribution in [1.82, 2.24) is 15.4 Å². The lowest BCUT2D eigenvalue weighted by atomic mass is 10.1. The largest absolute Gasteiger partial charge is 0.366 e. The third-order valence-electron chi connectivity index (χ3n) is 2.09. The van der Waals surface area contributed by atoms with E-state index in [1.54, 1.807) is 18.2 Å². The topological polar surface area (TPSA) is 114 Å². The second kappa shape index (κ2) is 4.44. The minimum absolute atomic E-state index is 0.129. The van der Waals surface area contributed by atoms with Gasteiger partial charge in [-0.05, 0) is 12.1 Å². The summed E-state index contributed by atoms with van der Waals surface area (Å²) in [7, 11) is 0. The normalized spacial score (nSPS) is 9.88. The molecule has 1 aromatic carbocycles. The monoisotopic (exact) mass is 231 g/mol. The summed E-state index contributed by atoms with van der Waals surface area (Å²) in [4.78, 5) is 22.8. The van der Waals surface area contributed by atoms with Gasteiger partial charge in [0.1, 0.15) is 0 Å². The van der Waals surface area contributed by atoms with Gasteiger partial charge < -0.3 is 11.1 Å². The van der Waals surface area contributed by atoms with E-state index in [-0.39, 0.29) is 11.3 Å². The van der Waals surface area contributed by atoms with Gasteiger partial charge in [-0.15, -0.1) is 0 Å². The average molecular weight is 231 g/mol. The molecule has 0 bridgehead atoms. The Morgan fingerprint density at radius 3 is 2.71 bits per heavy atom. The summed E-state index contributed by atoms with van der Waals surface area (Å²) >= 11 is 0. The first kappa shape index (κ1) is 10.8. The number of aromatic nitrogens is 3. The zero-order valence-corrected chi connectivity index (χ0v) is 8.68. The van der Waals surface area contributed by atoms with Gasteiger partial charge in [-0.3, -0.25) is 9.59 Å². The van der Waals surface area contributed by atoms with E-state index in [2.05, 4.69) is 20.7 Å². The van der Waals surface area contributed by atoms with E-state index in [0.29, 0.717) is 5.69 Å². The number of anilines is 1. The van der Waals surface area contributed by atoms with Crippen molar-refractivity contribution in [1.29, 1.82) is 0 Å². The number of H-pyrrole nitrogens is 1. The molecule has 0 radical (unpaired) electrons. The minimum Gasteiger partial charge on any atom is -0.366 e. The van der Waals surface area contributed by atoms with Crippen molar-refractivity contribution >= 4 is 17.5 Å². The summed E-state index contributed by atoms with van der Waals surface area (Å²) in [5.41, 5.74) is 5.89. The van der Waals surface area contributed by atoms with Gasteiger partial charge in [-0.25, -0.2) is 0 Å². The SMILES string of the molecule is NC(=O)c1ccccc1NC(=O)c1cn[nH]n1. The Kier molecular flexibility index (Phi) is 2.82. The van der Waals surface area contributed by atoms with Crippen LogP contribution in [0.1, 0.15) is 20.8 Å². The minimum atomic E-state index is -0.610. The molecule has 0 atom stereocenters. The number of rotatable bonds is 3. The lowest BCUT2D eigenvalue weighted by Crippen LogP contribution is -2.18. The lowest BCUT2D eigenvalue weighted by molar-refractivity contribution is 0.100. The number of amides is 2. The first-order chi connectivity index (χ1) is 8.18. The number of benzene rings is 1. The molecular weight excluding hydrogens is 222 g/mol. The molecule has 4 N–H and O–H groups in total. The second-order valence-electron chi connectivity index (χ2n) is 3.22. The predicted molar refractivity (Wildman–Crippen MR) is 59.3 cm³/mol. The van der Waals surface area contributed by atoms with Crippen molar-refractivity contribution in [3.8, 4) is 0 Å². The van der Waals surface area contributed by atoms with Crippen molar-refractivity contribution in [3.63, 3.8) is 0 Å². The summed E-state index contributed by atoms with van der Waals surface area (Å²) in [5, 5.41) is 12.0. The molecule has 2 amide bonds. The summed E-state index contributed by atoms with van der Waals surface area (Å²) in [6.45, 7) is 0. The quantitative estimate of drug-likeness (QED) is 0.697. The highest BCUT2D eigenvalue weighted by atomic mass is 16.2. The maximum absolute atomic E-state index is 11.7. The number of para-hydroxylation sites is 1. The molecule has 0 saturated heterocycles. The molecule has 86 valence electrons. The van der Waals surface area contributed by atoms with Crippen LogP contribution in [0.25, 0.3) is 0 Å². The summed E-state index contributed by atoms with van der Waals surface area (Å²) in [6.07, 6.45) is 1.28. The summed E-state index contributed by atoms with van der Waals surface area (Å²) in [6, 6.07) is 6.45. The molecule has 2 rings (SSSR count). The second-order valence-corrected chi connectivity index (χ2v) is 3.22. The summed E-state index contributed by atoms with van der Waals surface area (Å²) in [5.74, 6) is -1.08. The van der Waals surface area contributed by atoms with Crippen molar-refractivity contribution < 1.29 is 9.59 Å². The highest BCUT2D eigenvalue weighted by Gasteiger charge is 2.13. The number of nitrogens with two attached hydrogens (primary N) is 1. The van der Waals surface area contributed by atoms with E-state index in [1.807, 2.05) is 0 Å². The number of nitrogens with zero attached hydrogens (tertiary/aromatic N) is 2. The van der Waals surface area contributed by atoms with E-state index < -0.39 is 11.8 Å². The molecule has 0 aliphatic rings. The van der Waals surface area contributed by atoms with Crippen molar-refractivity contribution in [2.24, 2.45) is 5.73 Å². The van der Waals surface area contributed by atoms with Gasteiger partial charge >= 0.3 is 0 Å². The van der Waals surface area contributed by atoms with Crippen LogP contribution in [0.2, 0.25) is 0 Å². The number of hydrogen-bond donors (Lipinski definition) is 3. The Labute approximate surface area is 96.0 Å². The number of carbonyl (C=O) groups is 2. The zero-order valence-electron chi connectivity index (χ0n) is 8.68. The third kappa shape index (κ3) is 2.28. The van der Waals surface area contributed by atoms with Crippen LogP contribution in [0, 0.1) is 0 Å². The smallest absolute Gasteiger partial charge is 0.277 e. The van der Waals surface area contributed by atoms with Crippen LogP contribution in [0.4, 0.5) is 5.69 Å². The fourth-order valence-corrected chi connectivity index (χ4v) is 1.30. The molecule has 1 aromatic heterocycles. The van der Waals surface area contributed by atoms with Gasteiger partial charge in [0, 0.05) is 0 Å². The van der Waals surface area contributed by atoms with E-state index in [1.165, 1.54) is 12.3 Å². The van der Waals surface area contributed by atoms with Crippen LogP contribution < -0.4 is 11.1 Å². The molecule has 1 heterocycles. The van der Waals surface area contributed by atoms with E-state index in [0.717, 1.165) is 0 Å². The zero-order chi connectivity index (χ0) is 12.3. The molecule has 0 unspecified atom stereocenters. The maximum atomic E-state index is 11.7. The van der Waals surface area contributed by atoms with Gasteiger partial charge in [0.05, 0.1) is 17.4 Å². The van der Waals surface area contributed by atoms with Crippen LogP contribution in [0.15, 0.2) is 30.5 Å². The van der Waals surface area contributed by atoms with Gasteiger partial charge in [0.2, 0.25) is 0 Å². The third-order valence-corrected chi connectivity index (χ3v) is 2.09. The molecule has 2 aromatic rings. The Morgan fingerprint density at radius 1 is 1.29 bits per heavy atom. The molecular formula is C10H9N5O2. The molecule has 0 fully saturated rings. The first-order valence-electron chi connectivity index (χ1n) is 4.74. The van der Waals surface area contributed by atoms with E-state index in [9.17, 15) is 9.59 Å². The number of hydrogen-bond acceptors (Lipinski definition) is 4. The number of nitrogens with one attached hydrogen (secondary N) is 2. The fraction of sp³-hybridized carbons (Fsp3) is 0. The van der Waals surface area contributed by atoms with E-state index in [4.69, 9.17) is 5.73 Å². The Hall–Kier alpha value is -2.70. The lowest BCUT2D eigenvalue weighted by Gasteiger charge is -2.06. The fourth-order valence-electron chi connectivity index (χ4n) is 1.30. The van der Waals surface area contributed by atoms with Crippen molar-refractivity contribution in [3.05, 3.63) is 41.7 Å². The van der Waals surface area contributed by atoms with Crippen LogP contribution in [-0.2, 0) is 0 Å². The number of primary amides is 1. The van der Waals surface area contributed by atoms with Gasteiger partial charge in [-0.2, -0.15) is 15.4 Å². The van der Waals surface area contributed by atoms with Crippen molar-refractivity contribution in [2.45, 2.75) is 0 Å². The van der Waals surface area contributed by atoms with E-state index >= 15 is 0 Å². The molecule has 17 heavy (non-hydrogen) atoms. The molecule has 7 nitrogen and oxygen atoms in total. The van der Waals surface area contributed by atoms with Gasteiger partial charge in [0.25, 0.3) is 11.8 Å². The Balaban J connectivity index is 2.25. The highest BCUT2D eigenvalue weighted by Crippen LogP contribution is 2.14. The molecule has 0 spiro atoms. The average Bonchev–Trinajstić information content (AvgIpc) is 2.83. The summed E-state index contributed by atoms with van der Waals surface area (Å²) < 4.78 is 0. The first-order valence-corrected chi connectivity index (χ1v) is 4.74. The Morgan fingerprint density at radius 2 is 2.06 bits per heavy atom. The molecule has 0 saturated carbocycles. The van der Waals surface area contributed by atoms with Crippen LogP contribution in [0.3, 0.4) is 0 Å². The molecule has 7 heteroatoms. The van der Waals surface area contributed by atoms with Crippen molar-refractivity contribution in [2.75, 3.05) is 5.32 Å². The standard InChI is InChI=1S/C10H9N5O2/c11-9(16)6-3-1-2-4-7(6)13-10(17)8-5-12-15-14-8/h1-5H,(H2,11,16)(H,13,17)(H,12,14,15). The van der Waals surface area contributed by atoms with Gasteiger partial charge in [-0.1, -0.05) is 12.1 Å². The predicted octanol–water partition coefficient (Wildman–Crippen LogP) is 0.156. The van der Waals surface area contributed by atoms with Crippen LogP contribution in [0.5, 0.6) is 0 Å².